The first-order valence-corrected chi connectivity index (χ1v) is 10.6. The van der Waals surface area contributed by atoms with Crippen LogP contribution in [0.3, 0.4) is 0 Å². The van der Waals surface area contributed by atoms with E-state index in [-0.39, 0.29) is 5.43 Å². The molecule has 0 saturated carbocycles. The maximum absolute atomic E-state index is 14.0. The van der Waals surface area contributed by atoms with Gasteiger partial charge >= 0.3 is 6.18 Å². The highest BCUT2D eigenvalue weighted by molar-refractivity contribution is 9.10. The van der Waals surface area contributed by atoms with Crippen LogP contribution in [0, 0.1) is 0 Å². The summed E-state index contributed by atoms with van der Waals surface area (Å²) in [7, 11) is 1.45. The molecule has 0 radical (unpaired) electrons. The first-order valence-electron chi connectivity index (χ1n) is 9.85. The molecule has 0 fully saturated rings. The zero-order valence-corrected chi connectivity index (χ0v) is 19.4. The van der Waals surface area contributed by atoms with Crippen LogP contribution in [0.15, 0.2) is 57.9 Å². The number of hydrogen-bond donors (Lipinski definition) is 3. The zero-order chi connectivity index (χ0) is 23.7. The maximum atomic E-state index is 14.0. The van der Waals surface area contributed by atoms with Gasteiger partial charge in [-0.2, -0.15) is 13.2 Å². The van der Waals surface area contributed by atoms with Gasteiger partial charge in [0, 0.05) is 38.9 Å². The number of H-pyrrole nitrogens is 1. The Morgan fingerprint density at radius 2 is 1.84 bits per heavy atom. The molecule has 0 spiro atoms. The Kier molecular flexibility index (Phi) is 6.62. The Morgan fingerprint density at radius 1 is 1.12 bits per heavy atom. The number of alkyl halides is 3. The fourth-order valence-corrected chi connectivity index (χ4v) is 4.19. The second-order valence-electron chi connectivity index (χ2n) is 8.39. The van der Waals surface area contributed by atoms with E-state index in [0.29, 0.717) is 32.4 Å². The number of methoxy groups -OCH3 is 1. The normalized spacial score (nSPS) is 14.2. The van der Waals surface area contributed by atoms with E-state index >= 15 is 0 Å². The number of aliphatic hydroxyl groups is 1. The lowest BCUT2D eigenvalue weighted by molar-refractivity contribution is -0.260. The van der Waals surface area contributed by atoms with Gasteiger partial charge in [-0.05, 0) is 48.2 Å². The van der Waals surface area contributed by atoms with Crippen LogP contribution >= 0.6 is 15.9 Å². The van der Waals surface area contributed by atoms with Crippen molar-refractivity contribution in [3.63, 3.8) is 0 Å². The third-order valence-corrected chi connectivity index (χ3v) is 5.99. The molecular weight excluding hydrogens is 489 g/mol. The smallest absolute Gasteiger partial charge is 0.418 e. The molecular formula is C23H24BrF3N2O3. The quantitative estimate of drug-likeness (QED) is 0.397. The highest BCUT2D eigenvalue weighted by atomic mass is 79.9. The third kappa shape index (κ3) is 4.94. The number of aromatic amines is 1. The minimum Gasteiger partial charge on any atom is -0.496 e. The maximum Gasteiger partial charge on any atom is 0.418 e. The lowest BCUT2D eigenvalue weighted by Gasteiger charge is -2.38. The van der Waals surface area contributed by atoms with Crippen molar-refractivity contribution in [3.05, 3.63) is 68.9 Å². The Morgan fingerprint density at radius 3 is 2.50 bits per heavy atom. The second-order valence-corrected chi connectivity index (χ2v) is 9.31. The molecule has 2 aromatic carbocycles. The molecule has 5 nitrogen and oxygen atoms in total. The number of benzene rings is 2. The van der Waals surface area contributed by atoms with E-state index in [4.69, 9.17) is 4.74 Å². The number of aromatic nitrogens is 1. The van der Waals surface area contributed by atoms with Crippen molar-refractivity contribution in [1.82, 2.24) is 4.98 Å². The van der Waals surface area contributed by atoms with Crippen LogP contribution in [0.1, 0.15) is 25.8 Å². The molecule has 0 aliphatic heterocycles. The number of rotatable bonds is 7. The Bertz CT molecular complexity index is 1180. The first kappa shape index (κ1) is 24.1. The van der Waals surface area contributed by atoms with E-state index in [1.165, 1.54) is 25.4 Å². The van der Waals surface area contributed by atoms with Gasteiger partial charge in [-0.25, -0.2) is 0 Å². The van der Waals surface area contributed by atoms with Crippen molar-refractivity contribution in [3.8, 4) is 5.75 Å². The average molecular weight is 513 g/mol. The standard InChI is InChI=1S/C23H24BrF3N2O3/c1-21(2,17-10-14(24)4-7-20(17)32-3)12-22(31,23(25,26)27)13-29-15-5-6-18-16(11-15)19(30)8-9-28-18/h4-11,29,31H,12-13H2,1-3H3,(H,28,30). The topological polar surface area (TPSA) is 74.3 Å². The van der Waals surface area contributed by atoms with Crippen LogP contribution in [-0.4, -0.2) is 35.5 Å². The summed E-state index contributed by atoms with van der Waals surface area (Å²) in [6.07, 6.45) is -4.01. The molecule has 0 amide bonds. The van der Waals surface area contributed by atoms with Gasteiger partial charge in [0.1, 0.15) is 5.75 Å². The molecule has 0 aliphatic carbocycles. The molecule has 0 aliphatic rings. The van der Waals surface area contributed by atoms with Crippen LogP contribution in [0.2, 0.25) is 0 Å². The Labute approximate surface area is 191 Å². The van der Waals surface area contributed by atoms with Crippen molar-refractivity contribution in [2.75, 3.05) is 19.0 Å². The number of hydrogen-bond acceptors (Lipinski definition) is 4. The van der Waals surface area contributed by atoms with Gasteiger partial charge in [-0.3, -0.25) is 4.79 Å². The van der Waals surface area contributed by atoms with Gasteiger partial charge in [-0.1, -0.05) is 29.8 Å². The van der Waals surface area contributed by atoms with Crippen LogP contribution in [-0.2, 0) is 5.41 Å². The zero-order valence-electron chi connectivity index (χ0n) is 17.8. The number of ether oxygens (including phenoxy) is 1. The Hall–Kier alpha value is -2.52. The van der Waals surface area contributed by atoms with E-state index in [1.807, 2.05) is 0 Å². The van der Waals surface area contributed by atoms with E-state index in [1.54, 1.807) is 44.2 Å². The fourth-order valence-electron chi connectivity index (χ4n) is 3.83. The molecule has 3 N–H and O–H groups in total. The van der Waals surface area contributed by atoms with Gasteiger partial charge in [0.2, 0.25) is 0 Å². The van der Waals surface area contributed by atoms with Crippen LogP contribution in [0.5, 0.6) is 5.75 Å². The summed E-state index contributed by atoms with van der Waals surface area (Å²) in [6.45, 7) is 2.47. The summed E-state index contributed by atoms with van der Waals surface area (Å²) in [4.78, 5) is 14.9. The van der Waals surface area contributed by atoms with Gasteiger partial charge in [0.15, 0.2) is 11.0 Å². The monoisotopic (exact) mass is 512 g/mol. The molecule has 172 valence electrons. The van der Waals surface area contributed by atoms with Gasteiger partial charge in [0.25, 0.3) is 0 Å². The minimum atomic E-state index is -4.90. The summed E-state index contributed by atoms with van der Waals surface area (Å²) in [5.74, 6) is 0.435. The van der Waals surface area contributed by atoms with Crippen molar-refractivity contribution in [2.24, 2.45) is 0 Å². The lowest BCUT2D eigenvalue weighted by atomic mass is 9.74. The fraction of sp³-hybridized carbons (Fsp3) is 0.348. The van der Waals surface area contributed by atoms with Gasteiger partial charge < -0.3 is 20.1 Å². The lowest BCUT2D eigenvalue weighted by Crippen LogP contribution is -2.53. The van der Waals surface area contributed by atoms with E-state index < -0.39 is 30.2 Å². The summed E-state index contributed by atoms with van der Waals surface area (Å²) in [5, 5.41) is 13.8. The first-order chi connectivity index (χ1) is 14.9. The van der Waals surface area contributed by atoms with Crippen LogP contribution in [0.4, 0.5) is 18.9 Å². The van der Waals surface area contributed by atoms with Crippen molar-refractivity contribution in [2.45, 2.75) is 37.5 Å². The van der Waals surface area contributed by atoms with E-state index in [9.17, 15) is 23.1 Å². The summed E-state index contributed by atoms with van der Waals surface area (Å²) < 4.78 is 48.2. The SMILES string of the molecule is COc1ccc(Br)cc1C(C)(C)CC(O)(CNc1ccc2[nH]ccc(=O)c2c1)C(F)(F)F. The molecule has 1 aromatic heterocycles. The van der Waals surface area contributed by atoms with Crippen LogP contribution < -0.4 is 15.5 Å². The highest BCUT2D eigenvalue weighted by Crippen LogP contribution is 2.44. The van der Waals surface area contributed by atoms with Crippen molar-refractivity contribution < 1.29 is 23.0 Å². The number of anilines is 1. The second kappa shape index (κ2) is 8.78. The molecule has 0 saturated heterocycles. The molecule has 1 unspecified atom stereocenters. The Balaban J connectivity index is 1.91. The molecule has 1 heterocycles. The number of halogens is 4. The summed E-state index contributed by atoms with van der Waals surface area (Å²) in [5.41, 5.74) is -2.97. The molecule has 0 bridgehead atoms. The van der Waals surface area contributed by atoms with Crippen molar-refractivity contribution >= 4 is 32.5 Å². The van der Waals surface area contributed by atoms with Crippen molar-refractivity contribution in [1.29, 1.82) is 0 Å². The van der Waals surface area contributed by atoms with Crippen LogP contribution in [0.25, 0.3) is 10.9 Å². The number of nitrogens with one attached hydrogen (secondary N) is 2. The molecule has 1 atom stereocenters. The largest absolute Gasteiger partial charge is 0.496 e. The molecule has 3 aromatic rings. The van der Waals surface area contributed by atoms with Gasteiger partial charge in [0.05, 0.1) is 13.7 Å². The summed E-state index contributed by atoms with van der Waals surface area (Å²) in [6, 6.07) is 11.0. The van der Waals surface area contributed by atoms with Gasteiger partial charge in [-0.15, -0.1) is 0 Å². The number of pyridine rings is 1. The minimum absolute atomic E-state index is 0.253. The van der Waals surface area contributed by atoms with E-state index in [0.717, 1.165) is 0 Å². The third-order valence-electron chi connectivity index (χ3n) is 5.50. The predicted molar refractivity (Wildman–Crippen MR) is 122 cm³/mol. The average Bonchev–Trinajstić information content (AvgIpc) is 2.71. The molecule has 9 heteroatoms. The van der Waals surface area contributed by atoms with E-state index in [2.05, 4.69) is 26.2 Å². The predicted octanol–water partition coefficient (Wildman–Crippen LogP) is 5.37. The molecule has 32 heavy (non-hydrogen) atoms. The molecule has 3 rings (SSSR count). The highest BCUT2D eigenvalue weighted by Gasteiger charge is 2.56. The summed E-state index contributed by atoms with van der Waals surface area (Å²) >= 11 is 3.34. The number of fused-ring (bicyclic) bond motifs is 1.